The van der Waals surface area contributed by atoms with Gasteiger partial charge < -0.3 is 14.4 Å². The predicted molar refractivity (Wildman–Crippen MR) is 71.8 cm³/mol. The summed E-state index contributed by atoms with van der Waals surface area (Å²) in [6.45, 7) is 6.23. The molecule has 0 N–H and O–H groups in total. The Balaban J connectivity index is 1.51. The molecule has 0 bridgehead atoms. The number of ether oxygens (including phenoxy) is 2. The standard InChI is InChI=1S/C15H25NO3/c1-2-18-7-6-12-10-19-14-9-16(8-13(12)14)15(17)11-4-3-5-11/h11-14H,2-10H2,1H3/t12-,13-,14-/m0/s1. The van der Waals surface area contributed by atoms with E-state index in [1.807, 2.05) is 6.92 Å². The van der Waals surface area contributed by atoms with Crippen LogP contribution in [0.3, 0.4) is 0 Å². The minimum atomic E-state index is 0.288. The lowest BCUT2D eigenvalue weighted by atomic mass is 9.84. The zero-order valence-electron chi connectivity index (χ0n) is 11.8. The summed E-state index contributed by atoms with van der Waals surface area (Å²) in [6.07, 6.45) is 4.78. The average molecular weight is 267 g/mol. The number of rotatable bonds is 5. The van der Waals surface area contributed by atoms with Gasteiger partial charge in [0.2, 0.25) is 5.91 Å². The van der Waals surface area contributed by atoms with Crippen LogP contribution >= 0.6 is 0 Å². The van der Waals surface area contributed by atoms with Crippen molar-refractivity contribution >= 4 is 5.91 Å². The van der Waals surface area contributed by atoms with Crippen LogP contribution in [0.15, 0.2) is 0 Å². The molecule has 0 radical (unpaired) electrons. The van der Waals surface area contributed by atoms with E-state index >= 15 is 0 Å². The molecule has 1 aliphatic carbocycles. The Kier molecular flexibility index (Phi) is 4.08. The van der Waals surface area contributed by atoms with E-state index in [2.05, 4.69) is 4.90 Å². The zero-order valence-corrected chi connectivity index (χ0v) is 11.8. The van der Waals surface area contributed by atoms with Crippen LogP contribution in [-0.4, -0.2) is 49.8 Å². The largest absolute Gasteiger partial charge is 0.382 e. The molecule has 1 saturated carbocycles. The molecule has 3 fully saturated rings. The van der Waals surface area contributed by atoms with E-state index in [1.165, 1.54) is 6.42 Å². The summed E-state index contributed by atoms with van der Waals surface area (Å²) in [7, 11) is 0. The average Bonchev–Trinajstić information content (AvgIpc) is 2.88. The molecular weight excluding hydrogens is 242 g/mol. The van der Waals surface area contributed by atoms with Gasteiger partial charge in [0.1, 0.15) is 0 Å². The van der Waals surface area contributed by atoms with E-state index in [9.17, 15) is 4.79 Å². The third kappa shape index (κ3) is 2.65. The molecule has 3 rings (SSSR count). The molecule has 108 valence electrons. The molecule has 2 aliphatic heterocycles. The maximum Gasteiger partial charge on any atom is 0.225 e. The number of hydrogen-bond acceptors (Lipinski definition) is 3. The first-order chi connectivity index (χ1) is 9.29. The van der Waals surface area contributed by atoms with Gasteiger partial charge in [-0.15, -0.1) is 0 Å². The first-order valence-corrected chi connectivity index (χ1v) is 7.77. The Bertz CT molecular complexity index is 329. The third-order valence-corrected chi connectivity index (χ3v) is 5.04. The van der Waals surface area contributed by atoms with Crippen molar-refractivity contribution in [2.24, 2.45) is 17.8 Å². The van der Waals surface area contributed by atoms with Crippen molar-refractivity contribution in [3.63, 3.8) is 0 Å². The van der Waals surface area contributed by atoms with Gasteiger partial charge in [-0.05, 0) is 32.1 Å². The number of fused-ring (bicyclic) bond motifs is 1. The Morgan fingerprint density at radius 3 is 2.89 bits per heavy atom. The molecule has 0 aromatic rings. The van der Waals surface area contributed by atoms with Crippen molar-refractivity contribution in [3.05, 3.63) is 0 Å². The van der Waals surface area contributed by atoms with Gasteiger partial charge in [0.05, 0.1) is 12.7 Å². The van der Waals surface area contributed by atoms with Gasteiger partial charge >= 0.3 is 0 Å². The minimum absolute atomic E-state index is 0.288. The van der Waals surface area contributed by atoms with E-state index in [0.717, 1.165) is 52.2 Å². The van der Waals surface area contributed by atoms with Gasteiger partial charge in [-0.25, -0.2) is 0 Å². The molecule has 3 aliphatic rings. The molecule has 0 spiro atoms. The highest BCUT2D eigenvalue weighted by Crippen LogP contribution is 2.37. The highest BCUT2D eigenvalue weighted by molar-refractivity contribution is 5.80. The van der Waals surface area contributed by atoms with Gasteiger partial charge in [-0.2, -0.15) is 0 Å². The van der Waals surface area contributed by atoms with Crippen LogP contribution in [0.1, 0.15) is 32.6 Å². The van der Waals surface area contributed by atoms with Crippen molar-refractivity contribution < 1.29 is 14.3 Å². The van der Waals surface area contributed by atoms with Crippen LogP contribution in [-0.2, 0) is 14.3 Å². The molecule has 3 atom stereocenters. The van der Waals surface area contributed by atoms with Gasteiger partial charge in [0.25, 0.3) is 0 Å². The second-order valence-corrected chi connectivity index (χ2v) is 6.15. The van der Waals surface area contributed by atoms with Crippen LogP contribution in [0.2, 0.25) is 0 Å². The number of nitrogens with zero attached hydrogens (tertiary/aromatic N) is 1. The molecule has 0 aromatic heterocycles. The molecular formula is C15H25NO3. The minimum Gasteiger partial charge on any atom is -0.382 e. The molecule has 0 aromatic carbocycles. The van der Waals surface area contributed by atoms with Gasteiger partial charge in [-0.3, -0.25) is 4.79 Å². The monoisotopic (exact) mass is 267 g/mol. The second-order valence-electron chi connectivity index (χ2n) is 6.15. The van der Waals surface area contributed by atoms with Crippen molar-refractivity contribution in [1.82, 2.24) is 4.90 Å². The number of amides is 1. The van der Waals surface area contributed by atoms with Crippen LogP contribution in [0.5, 0.6) is 0 Å². The summed E-state index contributed by atoms with van der Waals surface area (Å²) in [5.74, 6) is 1.83. The first kappa shape index (κ1) is 13.4. The number of carbonyl (C=O) groups excluding carboxylic acids is 1. The normalized spacial score (nSPS) is 34.4. The molecule has 19 heavy (non-hydrogen) atoms. The summed E-state index contributed by atoms with van der Waals surface area (Å²) in [4.78, 5) is 14.3. The number of likely N-dealkylation sites (tertiary alicyclic amines) is 1. The van der Waals surface area contributed by atoms with E-state index in [4.69, 9.17) is 9.47 Å². The number of hydrogen-bond donors (Lipinski definition) is 0. The lowest BCUT2D eigenvalue weighted by Gasteiger charge is -2.29. The zero-order chi connectivity index (χ0) is 13.2. The predicted octanol–water partition coefficient (Wildman–Crippen LogP) is 1.69. The van der Waals surface area contributed by atoms with E-state index in [-0.39, 0.29) is 6.10 Å². The summed E-state index contributed by atoms with van der Waals surface area (Å²) in [6, 6.07) is 0. The van der Waals surface area contributed by atoms with Gasteiger partial charge in [-0.1, -0.05) is 6.42 Å². The van der Waals surface area contributed by atoms with Crippen LogP contribution in [0.25, 0.3) is 0 Å². The Labute approximate surface area is 115 Å². The Morgan fingerprint density at radius 1 is 1.37 bits per heavy atom. The summed E-state index contributed by atoms with van der Waals surface area (Å²) in [5.41, 5.74) is 0. The summed E-state index contributed by atoms with van der Waals surface area (Å²) in [5, 5.41) is 0. The first-order valence-electron chi connectivity index (χ1n) is 7.77. The smallest absolute Gasteiger partial charge is 0.225 e. The van der Waals surface area contributed by atoms with Crippen LogP contribution in [0, 0.1) is 17.8 Å². The molecule has 4 heteroatoms. The fraction of sp³-hybridized carbons (Fsp3) is 0.933. The quantitative estimate of drug-likeness (QED) is 0.712. The second kappa shape index (κ2) is 5.80. The fourth-order valence-corrected chi connectivity index (χ4v) is 3.57. The van der Waals surface area contributed by atoms with Gasteiger partial charge in [0, 0.05) is 38.1 Å². The molecule has 1 amide bonds. The van der Waals surface area contributed by atoms with E-state index in [1.54, 1.807) is 0 Å². The third-order valence-electron chi connectivity index (χ3n) is 5.04. The van der Waals surface area contributed by atoms with Crippen molar-refractivity contribution in [2.75, 3.05) is 32.9 Å². The highest BCUT2D eigenvalue weighted by Gasteiger charge is 2.46. The number of carbonyl (C=O) groups is 1. The van der Waals surface area contributed by atoms with Crippen LogP contribution < -0.4 is 0 Å². The van der Waals surface area contributed by atoms with Crippen molar-refractivity contribution in [3.8, 4) is 0 Å². The topological polar surface area (TPSA) is 38.8 Å². The summed E-state index contributed by atoms with van der Waals surface area (Å²) < 4.78 is 11.3. The molecule has 2 heterocycles. The Morgan fingerprint density at radius 2 is 2.21 bits per heavy atom. The molecule has 0 unspecified atom stereocenters. The maximum atomic E-state index is 12.3. The lowest BCUT2D eigenvalue weighted by Crippen LogP contribution is -2.38. The van der Waals surface area contributed by atoms with E-state index < -0.39 is 0 Å². The van der Waals surface area contributed by atoms with Gasteiger partial charge in [0.15, 0.2) is 0 Å². The van der Waals surface area contributed by atoms with Crippen molar-refractivity contribution in [1.29, 1.82) is 0 Å². The molecule has 4 nitrogen and oxygen atoms in total. The van der Waals surface area contributed by atoms with Crippen molar-refractivity contribution in [2.45, 2.75) is 38.7 Å². The SMILES string of the molecule is CCOCC[C@H]1CO[C@H]2CN(C(=O)C3CCC3)C[C@@H]12. The lowest BCUT2D eigenvalue weighted by molar-refractivity contribution is -0.137. The van der Waals surface area contributed by atoms with Crippen LogP contribution in [0.4, 0.5) is 0 Å². The highest BCUT2D eigenvalue weighted by atomic mass is 16.5. The maximum absolute atomic E-state index is 12.3. The Hall–Kier alpha value is -0.610. The van der Waals surface area contributed by atoms with E-state index in [0.29, 0.717) is 23.7 Å². The fourth-order valence-electron chi connectivity index (χ4n) is 3.57. The molecule has 2 saturated heterocycles. The summed E-state index contributed by atoms with van der Waals surface area (Å²) >= 11 is 0.